The van der Waals surface area contributed by atoms with Crippen molar-refractivity contribution in [2.24, 2.45) is 5.10 Å². The Morgan fingerprint density at radius 3 is 2.38 bits per heavy atom. The highest BCUT2D eigenvalue weighted by molar-refractivity contribution is 5.80. The molecule has 32 heavy (non-hydrogen) atoms. The smallest absolute Gasteiger partial charge is 0.285 e. The summed E-state index contributed by atoms with van der Waals surface area (Å²) in [6.45, 7) is 0.506. The molecule has 156 valence electrons. The zero-order valence-electron chi connectivity index (χ0n) is 17.1. The van der Waals surface area contributed by atoms with Gasteiger partial charge in [-0.2, -0.15) is 14.9 Å². The van der Waals surface area contributed by atoms with Crippen LogP contribution < -0.4 is 10.3 Å². The highest BCUT2D eigenvalue weighted by Gasteiger charge is 2.10. The highest BCUT2D eigenvalue weighted by Crippen LogP contribution is 2.14. The summed E-state index contributed by atoms with van der Waals surface area (Å²) in [4.78, 5) is 17.2. The molecular weight excluding hydrogens is 402 g/mol. The van der Waals surface area contributed by atoms with Crippen molar-refractivity contribution in [2.45, 2.75) is 6.61 Å². The molecule has 3 aromatic carbocycles. The first-order chi connectivity index (χ1) is 15.8. The standard InChI is InChI=1S/C25H19N5O2/c31-25-23-16-28-30(21-9-5-2-6-10-21)24(23)26-18-29(25)27-15-19-11-13-22(14-12-19)32-17-20-7-3-1-4-8-20/h1-16,18H,17H2/b27-15-. The quantitative estimate of drug-likeness (QED) is 0.388. The van der Waals surface area contributed by atoms with Gasteiger partial charge in [-0.3, -0.25) is 4.79 Å². The van der Waals surface area contributed by atoms with E-state index in [-0.39, 0.29) is 5.56 Å². The van der Waals surface area contributed by atoms with E-state index in [4.69, 9.17) is 4.74 Å². The Bertz CT molecular complexity index is 1420. The lowest BCUT2D eigenvalue weighted by atomic mass is 10.2. The lowest BCUT2D eigenvalue weighted by Crippen LogP contribution is -2.17. The van der Waals surface area contributed by atoms with Crippen molar-refractivity contribution in [1.29, 1.82) is 0 Å². The fourth-order valence-corrected chi connectivity index (χ4v) is 3.26. The fraction of sp³-hybridized carbons (Fsp3) is 0.0400. The molecule has 0 aliphatic carbocycles. The Labute approximate surface area is 183 Å². The molecule has 5 aromatic rings. The molecule has 0 spiro atoms. The maximum Gasteiger partial charge on any atom is 0.285 e. The van der Waals surface area contributed by atoms with E-state index in [1.165, 1.54) is 17.2 Å². The number of aromatic nitrogens is 4. The topological polar surface area (TPSA) is 74.3 Å². The van der Waals surface area contributed by atoms with Crippen molar-refractivity contribution in [3.63, 3.8) is 0 Å². The SMILES string of the molecule is O=c1c2cnn(-c3ccccc3)c2ncn1/N=C\c1ccc(OCc2ccccc2)cc1. The molecule has 0 amide bonds. The van der Waals surface area contributed by atoms with Gasteiger partial charge in [-0.05, 0) is 47.5 Å². The van der Waals surface area contributed by atoms with Gasteiger partial charge in [0.2, 0.25) is 0 Å². The van der Waals surface area contributed by atoms with E-state index >= 15 is 0 Å². The minimum Gasteiger partial charge on any atom is -0.489 e. The molecule has 0 radical (unpaired) electrons. The molecule has 0 bridgehead atoms. The summed E-state index contributed by atoms with van der Waals surface area (Å²) in [6.07, 6.45) is 4.53. The summed E-state index contributed by atoms with van der Waals surface area (Å²) in [5, 5.41) is 8.98. The van der Waals surface area contributed by atoms with E-state index in [1.54, 1.807) is 10.9 Å². The minimum absolute atomic E-state index is 0.281. The van der Waals surface area contributed by atoms with E-state index in [2.05, 4.69) is 15.2 Å². The van der Waals surface area contributed by atoms with Crippen molar-refractivity contribution in [2.75, 3.05) is 0 Å². The molecule has 2 heterocycles. The molecule has 0 aliphatic heterocycles. The molecule has 2 aromatic heterocycles. The van der Waals surface area contributed by atoms with Crippen LogP contribution in [0.5, 0.6) is 5.75 Å². The van der Waals surface area contributed by atoms with E-state index in [9.17, 15) is 4.79 Å². The van der Waals surface area contributed by atoms with Crippen LogP contribution >= 0.6 is 0 Å². The van der Waals surface area contributed by atoms with Gasteiger partial charge < -0.3 is 4.74 Å². The average Bonchev–Trinajstić information content (AvgIpc) is 3.29. The van der Waals surface area contributed by atoms with Gasteiger partial charge in [-0.25, -0.2) is 9.67 Å². The van der Waals surface area contributed by atoms with Gasteiger partial charge in [0.1, 0.15) is 24.1 Å². The van der Waals surface area contributed by atoms with E-state index in [0.29, 0.717) is 17.6 Å². The van der Waals surface area contributed by atoms with E-state index in [1.807, 2.05) is 84.9 Å². The summed E-state index contributed by atoms with van der Waals surface area (Å²) in [5.74, 6) is 0.764. The third-order valence-corrected chi connectivity index (χ3v) is 4.93. The molecule has 0 unspecified atom stereocenters. The molecule has 0 saturated heterocycles. The van der Waals surface area contributed by atoms with Gasteiger partial charge in [0.25, 0.3) is 5.56 Å². The van der Waals surface area contributed by atoms with Crippen LogP contribution in [0.2, 0.25) is 0 Å². The van der Waals surface area contributed by atoms with Crippen LogP contribution in [0.4, 0.5) is 0 Å². The van der Waals surface area contributed by atoms with Gasteiger partial charge in [0, 0.05) is 0 Å². The molecular formula is C25H19N5O2. The Balaban J connectivity index is 1.32. The van der Waals surface area contributed by atoms with Crippen LogP contribution in [0.25, 0.3) is 16.7 Å². The van der Waals surface area contributed by atoms with Gasteiger partial charge in [0.15, 0.2) is 5.65 Å². The second-order valence-electron chi connectivity index (χ2n) is 7.11. The molecule has 7 nitrogen and oxygen atoms in total. The highest BCUT2D eigenvalue weighted by atomic mass is 16.5. The second-order valence-corrected chi connectivity index (χ2v) is 7.11. The Morgan fingerprint density at radius 2 is 1.62 bits per heavy atom. The predicted octanol–water partition coefficient (Wildman–Crippen LogP) is 4.04. The number of hydrogen-bond donors (Lipinski definition) is 0. The number of hydrogen-bond acceptors (Lipinski definition) is 5. The zero-order valence-corrected chi connectivity index (χ0v) is 17.1. The first kappa shape index (κ1) is 19.4. The maximum atomic E-state index is 12.8. The maximum absolute atomic E-state index is 12.8. The van der Waals surface area contributed by atoms with Crippen molar-refractivity contribution in [3.8, 4) is 11.4 Å². The summed E-state index contributed by atoms with van der Waals surface area (Å²) in [5.41, 5.74) is 2.99. The summed E-state index contributed by atoms with van der Waals surface area (Å²) < 4.78 is 8.64. The molecule has 0 atom stereocenters. The first-order valence-corrected chi connectivity index (χ1v) is 10.1. The van der Waals surface area contributed by atoms with Crippen molar-refractivity contribution in [1.82, 2.24) is 19.4 Å². The summed E-state index contributed by atoms with van der Waals surface area (Å²) in [7, 11) is 0. The van der Waals surface area contributed by atoms with Crippen molar-refractivity contribution in [3.05, 3.63) is 119 Å². The normalized spacial score (nSPS) is 11.2. The lowest BCUT2D eigenvalue weighted by molar-refractivity contribution is 0.306. The fourth-order valence-electron chi connectivity index (χ4n) is 3.26. The minimum atomic E-state index is -0.281. The molecule has 0 aliphatic rings. The van der Waals surface area contributed by atoms with Gasteiger partial charge in [-0.15, -0.1) is 0 Å². The number of ether oxygens (including phenoxy) is 1. The van der Waals surface area contributed by atoms with Gasteiger partial charge >= 0.3 is 0 Å². The number of nitrogens with zero attached hydrogens (tertiary/aromatic N) is 5. The summed E-state index contributed by atoms with van der Waals surface area (Å²) in [6, 6.07) is 27.1. The third-order valence-electron chi connectivity index (χ3n) is 4.93. The Kier molecular flexibility index (Phi) is 5.28. The monoisotopic (exact) mass is 421 g/mol. The molecule has 0 saturated carbocycles. The van der Waals surface area contributed by atoms with Crippen molar-refractivity contribution >= 4 is 17.2 Å². The van der Waals surface area contributed by atoms with Crippen LogP contribution in [0.1, 0.15) is 11.1 Å². The number of benzene rings is 3. The molecule has 0 N–H and O–H groups in total. The molecule has 7 heteroatoms. The summed E-state index contributed by atoms with van der Waals surface area (Å²) >= 11 is 0. The lowest BCUT2D eigenvalue weighted by Gasteiger charge is -2.06. The van der Waals surface area contributed by atoms with Crippen LogP contribution in [0, 0.1) is 0 Å². The second kappa shape index (κ2) is 8.69. The predicted molar refractivity (Wildman–Crippen MR) is 123 cm³/mol. The number of rotatable bonds is 6. The van der Waals surface area contributed by atoms with Crippen LogP contribution in [0.3, 0.4) is 0 Å². The van der Waals surface area contributed by atoms with E-state index < -0.39 is 0 Å². The van der Waals surface area contributed by atoms with Gasteiger partial charge in [-0.1, -0.05) is 48.5 Å². The third kappa shape index (κ3) is 4.04. The first-order valence-electron chi connectivity index (χ1n) is 10.1. The van der Waals surface area contributed by atoms with Gasteiger partial charge in [0.05, 0.1) is 18.1 Å². The largest absolute Gasteiger partial charge is 0.489 e. The number of para-hydroxylation sites is 1. The van der Waals surface area contributed by atoms with E-state index in [0.717, 1.165) is 22.6 Å². The Hall–Kier alpha value is -4.52. The van der Waals surface area contributed by atoms with Crippen LogP contribution in [-0.2, 0) is 6.61 Å². The molecule has 5 rings (SSSR count). The Morgan fingerprint density at radius 1 is 0.906 bits per heavy atom. The van der Waals surface area contributed by atoms with Crippen molar-refractivity contribution < 1.29 is 4.74 Å². The average molecular weight is 421 g/mol. The van der Waals surface area contributed by atoms with Crippen LogP contribution in [0.15, 0.2) is 107 Å². The number of fused-ring (bicyclic) bond motifs is 1. The molecule has 0 fully saturated rings. The zero-order chi connectivity index (χ0) is 21.8. The van der Waals surface area contributed by atoms with Crippen LogP contribution in [-0.4, -0.2) is 25.7 Å².